The first-order valence-electron chi connectivity index (χ1n) is 7.11. The van der Waals surface area contributed by atoms with E-state index in [2.05, 4.69) is 5.32 Å². The third kappa shape index (κ3) is 4.80. The number of amides is 2. The van der Waals surface area contributed by atoms with Crippen molar-refractivity contribution in [3.63, 3.8) is 0 Å². The normalized spacial score (nSPS) is 11.7. The van der Waals surface area contributed by atoms with Crippen molar-refractivity contribution in [1.82, 2.24) is 0 Å². The maximum Gasteiger partial charge on any atom is 0.280 e. The van der Waals surface area contributed by atoms with Gasteiger partial charge in [-0.05, 0) is 23.6 Å². The number of ether oxygens (including phenoxy) is 1. The fourth-order valence-corrected chi connectivity index (χ4v) is 3.05. The fourth-order valence-electron chi connectivity index (χ4n) is 2.24. The van der Waals surface area contributed by atoms with Crippen molar-refractivity contribution < 1.29 is 19.2 Å². The predicted molar refractivity (Wildman–Crippen MR) is 89.9 cm³/mol. The van der Waals surface area contributed by atoms with Crippen LogP contribution in [0.1, 0.15) is 15.9 Å². The molecule has 0 fully saturated rings. The first-order chi connectivity index (χ1) is 11.0. The summed E-state index contributed by atoms with van der Waals surface area (Å²) in [6.07, 6.45) is 0. The highest BCUT2D eigenvalue weighted by molar-refractivity contribution is 7.14. The zero-order chi connectivity index (χ0) is 16.8. The van der Waals surface area contributed by atoms with Crippen LogP contribution in [0.5, 0.6) is 5.75 Å². The molecule has 1 aromatic carbocycles. The van der Waals surface area contributed by atoms with Gasteiger partial charge >= 0.3 is 0 Å². The van der Waals surface area contributed by atoms with Gasteiger partial charge in [-0.1, -0.05) is 12.1 Å². The minimum absolute atomic E-state index is 0.157. The highest BCUT2D eigenvalue weighted by Gasteiger charge is 2.15. The predicted octanol–water partition coefficient (Wildman–Crippen LogP) is 0.509. The van der Waals surface area contributed by atoms with Gasteiger partial charge in [-0.25, -0.2) is 0 Å². The number of anilines is 1. The van der Waals surface area contributed by atoms with Gasteiger partial charge in [0.25, 0.3) is 11.8 Å². The van der Waals surface area contributed by atoms with E-state index in [9.17, 15) is 9.59 Å². The van der Waals surface area contributed by atoms with Gasteiger partial charge in [-0.15, -0.1) is 11.3 Å². The summed E-state index contributed by atoms with van der Waals surface area (Å²) in [5, 5.41) is 4.97. The van der Waals surface area contributed by atoms with E-state index in [1.165, 1.54) is 11.3 Å². The maximum atomic E-state index is 12.1. The Morgan fingerprint density at radius 1 is 1.35 bits per heavy atom. The number of rotatable bonds is 7. The van der Waals surface area contributed by atoms with E-state index in [1.54, 1.807) is 18.6 Å². The number of likely N-dealkylation sites (N-methyl/N-ethyl adjacent to an activating group) is 1. The lowest BCUT2D eigenvalue weighted by molar-refractivity contribution is -0.885. The van der Waals surface area contributed by atoms with Crippen LogP contribution in [0.2, 0.25) is 0 Å². The molecule has 0 aliphatic carbocycles. The number of quaternary nitrogens is 1. The van der Waals surface area contributed by atoms with E-state index in [0.717, 1.165) is 16.2 Å². The monoisotopic (exact) mass is 334 g/mol. The summed E-state index contributed by atoms with van der Waals surface area (Å²) in [5.41, 5.74) is 6.69. The van der Waals surface area contributed by atoms with Crippen molar-refractivity contribution in [2.75, 3.05) is 26.0 Å². The Morgan fingerprint density at radius 3 is 2.83 bits per heavy atom. The molecule has 4 N–H and O–H groups in total. The van der Waals surface area contributed by atoms with Crippen LogP contribution >= 0.6 is 11.3 Å². The van der Waals surface area contributed by atoms with Gasteiger partial charge in [0.2, 0.25) is 0 Å². The third-order valence-electron chi connectivity index (χ3n) is 3.29. The molecule has 0 aliphatic rings. The van der Waals surface area contributed by atoms with Crippen molar-refractivity contribution >= 4 is 28.2 Å². The molecule has 0 spiro atoms. The largest absolute Gasteiger partial charge is 0.497 e. The lowest BCUT2D eigenvalue weighted by Crippen LogP contribution is -3.08. The Kier molecular flexibility index (Phi) is 5.72. The van der Waals surface area contributed by atoms with E-state index in [4.69, 9.17) is 10.5 Å². The van der Waals surface area contributed by atoms with Gasteiger partial charge in [0.15, 0.2) is 6.54 Å². The molecule has 0 bridgehead atoms. The average molecular weight is 334 g/mol. The molecule has 1 aromatic heterocycles. The lowest BCUT2D eigenvalue weighted by atomic mass is 10.2. The molecule has 7 heteroatoms. The van der Waals surface area contributed by atoms with Crippen LogP contribution in [-0.2, 0) is 11.3 Å². The van der Waals surface area contributed by atoms with E-state index < -0.39 is 5.91 Å². The topological polar surface area (TPSA) is 85.9 Å². The van der Waals surface area contributed by atoms with E-state index in [0.29, 0.717) is 17.1 Å². The summed E-state index contributed by atoms with van der Waals surface area (Å²) in [5.74, 6) is 0.0958. The second-order valence-corrected chi connectivity index (χ2v) is 6.15. The van der Waals surface area contributed by atoms with Gasteiger partial charge in [-0.3, -0.25) is 9.59 Å². The number of methoxy groups -OCH3 is 1. The molecule has 1 unspecified atom stereocenters. The molecule has 0 saturated carbocycles. The van der Waals surface area contributed by atoms with Crippen molar-refractivity contribution in [2.45, 2.75) is 6.54 Å². The molecule has 1 atom stereocenters. The number of thiophene rings is 1. The lowest BCUT2D eigenvalue weighted by Gasteiger charge is -2.14. The first-order valence-corrected chi connectivity index (χ1v) is 7.99. The number of benzene rings is 1. The van der Waals surface area contributed by atoms with Crippen molar-refractivity contribution in [1.29, 1.82) is 0 Å². The van der Waals surface area contributed by atoms with E-state index in [1.807, 2.05) is 31.3 Å². The van der Waals surface area contributed by atoms with Gasteiger partial charge in [0, 0.05) is 5.56 Å². The van der Waals surface area contributed by atoms with Crippen LogP contribution in [0, 0.1) is 0 Å². The molecule has 122 valence electrons. The number of hydrogen-bond donors (Lipinski definition) is 3. The molecule has 0 saturated heterocycles. The molecule has 1 heterocycles. The average Bonchev–Trinajstić information content (AvgIpc) is 2.95. The van der Waals surface area contributed by atoms with Gasteiger partial charge in [-0.2, -0.15) is 0 Å². The van der Waals surface area contributed by atoms with Crippen LogP contribution in [0.25, 0.3) is 0 Å². The molecular formula is C16H20N3O3S+. The zero-order valence-electron chi connectivity index (χ0n) is 13.1. The molecular weight excluding hydrogens is 314 g/mol. The van der Waals surface area contributed by atoms with Crippen LogP contribution in [0.4, 0.5) is 5.00 Å². The highest BCUT2D eigenvalue weighted by Crippen LogP contribution is 2.22. The number of nitrogens with two attached hydrogens (primary N) is 1. The third-order valence-corrected chi connectivity index (χ3v) is 4.12. The second kappa shape index (κ2) is 7.75. The Labute approximate surface area is 138 Å². The van der Waals surface area contributed by atoms with Crippen LogP contribution in [0.15, 0.2) is 35.7 Å². The van der Waals surface area contributed by atoms with Gasteiger partial charge in [0.05, 0.1) is 19.7 Å². The summed E-state index contributed by atoms with van der Waals surface area (Å²) < 4.78 is 5.19. The van der Waals surface area contributed by atoms with Crippen LogP contribution < -0.4 is 20.7 Å². The summed E-state index contributed by atoms with van der Waals surface area (Å²) in [6, 6.07) is 9.36. The fraction of sp³-hybridized carbons (Fsp3) is 0.250. The molecule has 2 aromatic rings. The van der Waals surface area contributed by atoms with Crippen molar-refractivity contribution in [2.24, 2.45) is 5.73 Å². The summed E-state index contributed by atoms with van der Waals surface area (Å²) >= 11 is 1.28. The smallest absolute Gasteiger partial charge is 0.280 e. The Balaban J connectivity index is 1.91. The van der Waals surface area contributed by atoms with Crippen LogP contribution in [0.3, 0.4) is 0 Å². The highest BCUT2D eigenvalue weighted by atomic mass is 32.1. The molecule has 2 amide bonds. The van der Waals surface area contributed by atoms with Crippen molar-refractivity contribution in [3.8, 4) is 5.75 Å². The molecule has 23 heavy (non-hydrogen) atoms. The molecule has 0 aliphatic heterocycles. The van der Waals surface area contributed by atoms with Gasteiger partial charge < -0.3 is 20.7 Å². The molecule has 2 rings (SSSR count). The Hall–Kier alpha value is -2.38. The summed E-state index contributed by atoms with van der Waals surface area (Å²) in [6.45, 7) is 0.977. The summed E-state index contributed by atoms with van der Waals surface area (Å²) in [4.78, 5) is 24.4. The maximum absolute atomic E-state index is 12.1. The minimum Gasteiger partial charge on any atom is -0.497 e. The number of hydrogen-bond acceptors (Lipinski definition) is 4. The zero-order valence-corrected chi connectivity index (χ0v) is 13.9. The first kappa shape index (κ1) is 17.0. The standard InChI is InChI=1S/C16H19N3O3S/c1-19(9-11-4-3-5-12(8-11)22-2)10-14(20)18-16-13(15(17)21)6-7-23-16/h3-8H,9-10H2,1-2H3,(H2,17,21)(H,18,20)/p+1. The quantitative estimate of drug-likeness (QED) is 0.690. The number of primary amides is 1. The van der Waals surface area contributed by atoms with Crippen LogP contribution in [-0.4, -0.2) is 32.5 Å². The van der Waals surface area contributed by atoms with Gasteiger partial charge in [0.1, 0.15) is 17.3 Å². The number of nitrogens with one attached hydrogen (secondary N) is 2. The minimum atomic E-state index is -0.543. The van der Waals surface area contributed by atoms with E-state index >= 15 is 0 Å². The Morgan fingerprint density at radius 2 is 2.13 bits per heavy atom. The SMILES string of the molecule is COc1cccc(C[NH+](C)CC(=O)Nc2sccc2C(N)=O)c1. The van der Waals surface area contributed by atoms with Crippen molar-refractivity contribution in [3.05, 3.63) is 46.8 Å². The number of carbonyl (C=O) groups is 2. The Bertz CT molecular complexity index is 699. The second-order valence-electron chi connectivity index (χ2n) is 5.24. The summed E-state index contributed by atoms with van der Waals surface area (Å²) in [7, 11) is 3.56. The van der Waals surface area contributed by atoms with E-state index in [-0.39, 0.29) is 12.5 Å². The number of carbonyl (C=O) groups excluding carboxylic acids is 2. The molecule has 6 nitrogen and oxygen atoms in total. The molecule has 0 radical (unpaired) electrons.